The van der Waals surface area contributed by atoms with E-state index in [-0.39, 0.29) is 163 Å². The maximum absolute atomic E-state index is 12.8. The Morgan fingerprint density at radius 2 is 0.931 bits per heavy atom. The standard InChI is InChI=1S/C19H32O2.C18H26O6.C16H26O4.C14H26O2.C10H14O.10CH4/c1-6-18(4,5)17(20)21-19(12(2)3)15-8-13-7-14(10-15)11-16(19)9-13;1-4-18(2,3)17(21)22-9-14(19)24-15-11-5-10-6-12(8-11)16(20)23-13(15)7-10;1-4-14(2,3)13(17)20-12-10-5-15(18)7-11(12)8-16(19,6-10)9-15;1-6-13(4,5)12(15)16-14(11(2)3)9-7-8-10-14;1-3-8(2)9-4-6-10(11)7-5-9;;;;;;;;;;/h12-16H,6-11H2,1-5H3;10-13,15H,4-9H2,1-3H3;10-12,18-19H,4-9H2,1-3H3;11H,6-10H2,1-5H3;4-8,11H,3H2,1-2H3;10*1H4. The number of phenolic OH excluding ortho intramolecular Hbond substituents is 1. The Bertz CT molecular complexity index is 2610. The van der Waals surface area contributed by atoms with Crippen LogP contribution >= 0.6 is 0 Å². The summed E-state index contributed by atoms with van der Waals surface area (Å²) in [6.45, 7) is 36.2. The topological polar surface area (TPSA) is 218 Å². The molecule has 102 heavy (non-hydrogen) atoms. The lowest BCUT2D eigenvalue weighted by Gasteiger charge is -2.62. The fourth-order valence-electron chi connectivity index (χ4n) is 17.6. The molecule has 0 aromatic heterocycles. The molecule has 3 N–H and O–H groups in total. The minimum Gasteiger partial charge on any atom is -0.508 e. The number of aromatic hydroxyl groups is 1. The Labute approximate surface area is 627 Å². The first kappa shape index (κ1) is 104. The van der Waals surface area contributed by atoms with Crippen LogP contribution in [0.25, 0.3) is 0 Å². The highest BCUT2D eigenvalue weighted by molar-refractivity contribution is 5.80. The number of ether oxygens (including phenoxy) is 6. The normalized spacial score (nSPS) is 30.4. The van der Waals surface area contributed by atoms with Gasteiger partial charge >= 0.3 is 35.8 Å². The smallest absolute Gasteiger partial charge is 0.344 e. The van der Waals surface area contributed by atoms with E-state index in [1.54, 1.807) is 26.0 Å². The number of hydrogen-bond acceptors (Lipinski definition) is 15. The number of hydrogen-bond donors (Lipinski definition) is 3. The maximum Gasteiger partial charge on any atom is 0.344 e. The summed E-state index contributed by atoms with van der Waals surface area (Å²) in [5.41, 5.74) is -2.28. The molecule has 15 heteroatoms. The molecule has 6 atom stereocenters. The van der Waals surface area contributed by atoms with Gasteiger partial charge < -0.3 is 43.7 Å². The molecule has 0 amide bonds. The van der Waals surface area contributed by atoms with Crippen molar-refractivity contribution in [2.45, 2.75) is 393 Å². The SMILES string of the molecule is C.C.C.C.C.C.C.C.C.C.CCC(C)(C)C(=O)OC1(C(C)C)C2CC3CC(C2)CC1C3.CCC(C)(C)C(=O)OC1(C(C)C)CCCC1.CCC(C)(C)C(=O)OC1C2CC3(O)CC1CC(O)(C2)C3.CCC(C)(C)C(=O)OCC(=O)OC1C2CC3CC(C2)C(=O)OC1C3.CCC(C)c1ccc(O)cc1. The van der Waals surface area contributed by atoms with Gasteiger partial charge in [-0.25, -0.2) is 4.79 Å². The van der Waals surface area contributed by atoms with Crippen molar-refractivity contribution in [3.63, 3.8) is 0 Å². The zero-order chi connectivity index (χ0) is 68.3. The van der Waals surface area contributed by atoms with Crippen molar-refractivity contribution in [1.29, 1.82) is 0 Å². The van der Waals surface area contributed by atoms with Gasteiger partial charge in [-0.1, -0.05) is 156 Å². The number of phenols is 1. The van der Waals surface area contributed by atoms with E-state index >= 15 is 0 Å². The van der Waals surface area contributed by atoms with Gasteiger partial charge in [-0.2, -0.15) is 0 Å². The predicted octanol–water partition coefficient (Wildman–Crippen LogP) is 22.3. The molecule has 13 fully saturated rings. The van der Waals surface area contributed by atoms with Gasteiger partial charge in [-0.15, -0.1) is 0 Å². The Morgan fingerprint density at radius 1 is 0.510 bits per heavy atom. The molecule has 13 aliphatic rings. The minimum absolute atomic E-state index is 0. The van der Waals surface area contributed by atoms with E-state index in [9.17, 15) is 39.0 Å². The molecule has 2 saturated heterocycles. The van der Waals surface area contributed by atoms with Gasteiger partial charge in [0.2, 0.25) is 0 Å². The van der Waals surface area contributed by atoms with Crippen LogP contribution in [0.15, 0.2) is 24.3 Å². The van der Waals surface area contributed by atoms with Crippen molar-refractivity contribution < 1.29 is 72.5 Å². The van der Waals surface area contributed by atoms with E-state index in [0.29, 0.717) is 79.8 Å². The fraction of sp³-hybridized carbons (Fsp3) is 0.862. The number of aliphatic hydroxyl groups is 2. The third-order valence-electron chi connectivity index (χ3n) is 25.0. The molecule has 2 heterocycles. The molecule has 11 aliphatic carbocycles. The van der Waals surface area contributed by atoms with Crippen molar-refractivity contribution in [3.8, 4) is 5.75 Å². The first-order chi connectivity index (χ1) is 42.8. The van der Waals surface area contributed by atoms with Gasteiger partial charge in [0.1, 0.15) is 35.3 Å². The summed E-state index contributed by atoms with van der Waals surface area (Å²) < 4.78 is 34.2. The van der Waals surface area contributed by atoms with E-state index in [2.05, 4.69) is 48.5 Å². The van der Waals surface area contributed by atoms with E-state index in [4.69, 9.17) is 33.5 Å². The second-order valence-corrected chi connectivity index (χ2v) is 34.0. The fourth-order valence-corrected chi connectivity index (χ4v) is 17.6. The van der Waals surface area contributed by atoms with Crippen molar-refractivity contribution in [2.75, 3.05) is 6.61 Å². The zero-order valence-corrected chi connectivity index (χ0v) is 60.2. The number of carbonyl (C=O) groups is 6. The van der Waals surface area contributed by atoms with E-state index in [1.165, 1.54) is 50.5 Å². The summed E-state index contributed by atoms with van der Waals surface area (Å²) in [5, 5.41) is 30.1. The number of carbonyl (C=O) groups excluding carboxylic acids is 6. The van der Waals surface area contributed by atoms with E-state index < -0.39 is 40.1 Å². The van der Waals surface area contributed by atoms with Crippen LogP contribution in [0.1, 0.15) is 358 Å². The van der Waals surface area contributed by atoms with Gasteiger partial charge in [0.05, 0.1) is 38.8 Å². The van der Waals surface area contributed by atoms with Crippen LogP contribution in [0.4, 0.5) is 0 Å². The summed E-state index contributed by atoms with van der Waals surface area (Å²) in [6.07, 6.45) is 20.9. The van der Waals surface area contributed by atoms with Crippen LogP contribution in [0.2, 0.25) is 0 Å². The molecule has 0 radical (unpaired) electrons. The van der Waals surface area contributed by atoms with E-state index in [0.717, 1.165) is 76.0 Å². The third-order valence-corrected chi connectivity index (χ3v) is 25.0. The predicted molar refractivity (Wildman–Crippen MR) is 423 cm³/mol. The highest BCUT2D eigenvalue weighted by atomic mass is 16.6. The number of fused-ring (bicyclic) bond motifs is 1. The van der Waals surface area contributed by atoms with Gasteiger partial charge in [0, 0.05) is 24.2 Å². The quantitative estimate of drug-likeness (QED) is 0.0919. The molecule has 12 bridgehead atoms. The Balaban J connectivity index is -0.000000584. The average Bonchev–Trinajstić information content (AvgIpc) is 0.916. The van der Waals surface area contributed by atoms with Gasteiger partial charge in [-0.3, -0.25) is 24.0 Å². The highest BCUT2D eigenvalue weighted by Crippen LogP contribution is 2.63. The summed E-state index contributed by atoms with van der Waals surface area (Å²) in [5.74, 6) is 4.44. The van der Waals surface area contributed by atoms with Crippen LogP contribution in [-0.4, -0.2) is 98.5 Å². The van der Waals surface area contributed by atoms with Crippen molar-refractivity contribution >= 4 is 35.8 Å². The van der Waals surface area contributed by atoms with Crippen molar-refractivity contribution in [2.24, 2.45) is 86.8 Å². The molecule has 1 aromatic rings. The Morgan fingerprint density at radius 3 is 1.35 bits per heavy atom. The Hall–Kier alpha value is -4.24. The van der Waals surface area contributed by atoms with Gasteiger partial charge in [0.25, 0.3) is 0 Å². The number of esters is 6. The Kier molecular flexibility index (Phi) is 42.1. The second kappa shape index (κ2) is 41.2. The molecule has 15 nitrogen and oxygen atoms in total. The lowest BCUT2D eigenvalue weighted by molar-refractivity contribution is -0.244. The second-order valence-electron chi connectivity index (χ2n) is 34.0. The monoisotopic (exact) mass is 1450 g/mol. The third kappa shape index (κ3) is 23.9. The number of rotatable bonds is 18. The molecular weight excluding hydrogens is 1280 g/mol. The summed E-state index contributed by atoms with van der Waals surface area (Å²) >= 11 is 0. The van der Waals surface area contributed by atoms with Gasteiger partial charge in [0.15, 0.2) is 6.61 Å². The van der Waals surface area contributed by atoms with Crippen LogP contribution in [0.3, 0.4) is 0 Å². The molecule has 14 rings (SSSR count). The molecule has 2 aliphatic heterocycles. The maximum atomic E-state index is 12.8. The minimum atomic E-state index is -0.732. The van der Waals surface area contributed by atoms with Crippen molar-refractivity contribution in [1.82, 2.24) is 0 Å². The molecule has 1 aromatic carbocycles. The lowest BCUT2D eigenvalue weighted by Crippen LogP contribution is -2.64. The largest absolute Gasteiger partial charge is 0.508 e. The lowest BCUT2D eigenvalue weighted by atomic mass is 9.47. The van der Waals surface area contributed by atoms with Crippen LogP contribution in [0, 0.1) is 86.8 Å². The summed E-state index contributed by atoms with van der Waals surface area (Å²) in [7, 11) is 0. The summed E-state index contributed by atoms with van der Waals surface area (Å²) in [4.78, 5) is 73.3. The van der Waals surface area contributed by atoms with Crippen LogP contribution in [-0.2, 0) is 57.2 Å². The number of benzene rings is 1. The van der Waals surface area contributed by atoms with Gasteiger partial charge in [-0.05, 0) is 262 Å². The first-order valence-corrected chi connectivity index (χ1v) is 36.3. The van der Waals surface area contributed by atoms with Crippen LogP contribution < -0.4 is 0 Å². The highest BCUT2D eigenvalue weighted by Gasteiger charge is 2.63. The van der Waals surface area contributed by atoms with Crippen molar-refractivity contribution in [3.05, 3.63) is 29.8 Å². The van der Waals surface area contributed by atoms with Crippen LogP contribution in [0.5, 0.6) is 5.75 Å². The molecule has 6 unspecified atom stereocenters. The van der Waals surface area contributed by atoms with E-state index in [1.807, 2.05) is 74.4 Å². The molecular formula is C87H164O15. The molecule has 11 saturated carbocycles. The summed E-state index contributed by atoms with van der Waals surface area (Å²) in [6, 6.07) is 7.43. The zero-order valence-electron chi connectivity index (χ0n) is 60.2. The molecule has 602 valence electrons. The first-order valence-electron chi connectivity index (χ1n) is 36.3. The average molecular weight is 1450 g/mol. The molecule has 0 spiro atoms.